The van der Waals surface area contributed by atoms with Crippen molar-refractivity contribution in [1.29, 1.82) is 0 Å². The SMILES string of the molecule is CCOC(=O)C(OCCOCCOC)C(C)(C)C. The van der Waals surface area contributed by atoms with E-state index in [0.717, 1.165) is 0 Å². The van der Waals surface area contributed by atoms with Crippen molar-refractivity contribution in [1.82, 2.24) is 0 Å². The van der Waals surface area contributed by atoms with E-state index in [1.165, 1.54) is 0 Å². The Labute approximate surface area is 110 Å². The molecule has 0 spiro atoms. The number of rotatable bonds is 9. The minimum atomic E-state index is -0.566. The standard InChI is InChI=1S/C13H26O5/c1-6-17-12(14)11(13(2,3)4)18-10-9-16-8-7-15-5/h11H,6-10H2,1-5H3. The Hall–Kier alpha value is -0.650. The molecule has 5 nitrogen and oxygen atoms in total. The Morgan fingerprint density at radius 1 is 1.11 bits per heavy atom. The molecule has 5 heteroatoms. The van der Waals surface area contributed by atoms with Gasteiger partial charge < -0.3 is 18.9 Å². The van der Waals surface area contributed by atoms with Gasteiger partial charge in [0.05, 0.1) is 33.0 Å². The van der Waals surface area contributed by atoms with Gasteiger partial charge in [0.25, 0.3) is 0 Å². The van der Waals surface area contributed by atoms with Gasteiger partial charge in [0.15, 0.2) is 6.10 Å². The van der Waals surface area contributed by atoms with Crippen molar-refractivity contribution >= 4 is 5.97 Å². The van der Waals surface area contributed by atoms with Crippen LogP contribution < -0.4 is 0 Å². The molecule has 1 unspecified atom stereocenters. The lowest BCUT2D eigenvalue weighted by atomic mass is 9.89. The third kappa shape index (κ3) is 7.63. The Bertz CT molecular complexity index is 222. The van der Waals surface area contributed by atoms with E-state index < -0.39 is 6.10 Å². The van der Waals surface area contributed by atoms with E-state index in [0.29, 0.717) is 33.0 Å². The van der Waals surface area contributed by atoms with Gasteiger partial charge in [0.1, 0.15) is 0 Å². The number of esters is 1. The third-order valence-corrected chi connectivity index (χ3v) is 2.23. The van der Waals surface area contributed by atoms with Gasteiger partial charge in [-0.3, -0.25) is 0 Å². The molecule has 0 aromatic rings. The van der Waals surface area contributed by atoms with Gasteiger partial charge in [0, 0.05) is 7.11 Å². The molecule has 0 radical (unpaired) electrons. The molecule has 108 valence electrons. The van der Waals surface area contributed by atoms with Crippen LogP contribution in [0.5, 0.6) is 0 Å². The maximum absolute atomic E-state index is 11.7. The number of methoxy groups -OCH3 is 1. The van der Waals surface area contributed by atoms with Crippen molar-refractivity contribution in [3.8, 4) is 0 Å². The quantitative estimate of drug-likeness (QED) is 0.467. The van der Waals surface area contributed by atoms with E-state index in [-0.39, 0.29) is 11.4 Å². The highest BCUT2D eigenvalue weighted by molar-refractivity contribution is 5.75. The summed E-state index contributed by atoms with van der Waals surface area (Å²) in [5.41, 5.74) is -0.293. The molecular formula is C13H26O5. The second kappa shape index (κ2) is 9.30. The Morgan fingerprint density at radius 3 is 2.22 bits per heavy atom. The van der Waals surface area contributed by atoms with Gasteiger partial charge in [-0.1, -0.05) is 20.8 Å². The van der Waals surface area contributed by atoms with Crippen molar-refractivity contribution in [2.75, 3.05) is 40.1 Å². The zero-order chi connectivity index (χ0) is 14.0. The predicted octanol–water partition coefficient (Wildman–Crippen LogP) is 1.64. The first-order valence-electron chi connectivity index (χ1n) is 6.28. The monoisotopic (exact) mass is 262 g/mol. The molecular weight excluding hydrogens is 236 g/mol. The zero-order valence-electron chi connectivity index (χ0n) is 12.2. The summed E-state index contributed by atoms with van der Waals surface area (Å²) in [5, 5.41) is 0. The number of hydrogen-bond donors (Lipinski definition) is 0. The van der Waals surface area contributed by atoms with E-state index in [1.54, 1.807) is 14.0 Å². The zero-order valence-corrected chi connectivity index (χ0v) is 12.2. The molecule has 0 rings (SSSR count). The molecule has 0 saturated carbocycles. The van der Waals surface area contributed by atoms with E-state index in [4.69, 9.17) is 18.9 Å². The predicted molar refractivity (Wildman–Crippen MR) is 68.5 cm³/mol. The molecule has 0 aliphatic carbocycles. The lowest BCUT2D eigenvalue weighted by Crippen LogP contribution is -2.39. The first-order chi connectivity index (χ1) is 8.43. The average molecular weight is 262 g/mol. The highest BCUT2D eigenvalue weighted by Gasteiger charge is 2.33. The molecule has 0 N–H and O–H groups in total. The van der Waals surface area contributed by atoms with Crippen LogP contribution in [0.2, 0.25) is 0 Å². The normalized spacial score (nSPS) is 13.4. The van der Waals surface area contributed by atoms with Crippen molar-refractivity contribution in [2.45, 2.75) is 33.8 Å². The van der Waals surface area contributed by atoms with Crippen LogP contribution in [0.3, 0.4) is 0 Å². The van der Waals surface area contributed by atoms with Gasteiger partial charge >= 0.3 is 5.97 Å². The lowest BCUT2D eigenvalue weighted by Gasteiger charge is -2.28. The fourth-order valence-corrected chi connectivity index (χ4v) is 1.36. The highest BCUT2D eigenvalue weighted by Crippen LogP contribution is 2.23. The van der Waals surface area contributed by atoms with Gasteiger partial charge in [-0.15, -0.1) is 0 Å². The van der Waals surface area contributed by atoms with Gasteiger partial charge in [0.2, 0.25) is 0 Å². The van der Waals surface area contributed by atoms with E-state index in [9.17, 15) is 4.79 Å². The van der Waals surface area contributed by atoms with Gasteiger partial charge in [-0.05, 0) is 12.3 Å². The number of carbonyl (C=O) groups is 1. The Kier molecular flexibility index (Phi) is 8.97. The molecule has 0 bridgehead atoms. The third-order valence-electron chi connectivity index (χ3n) is 2.23. The molecule has 1 atom stereocenters. The average Bonchev–Trinajstić information content (AvgIpc) is 2.26. The molecule has 0 heterocycles. The number of carbonyl (C=O) groups excluding carboxylic acids is 1. The van der Waals surface area contributed by atoms with E-state index in [1.807, 2.05) is 20.8 Å². The van der Waals surface area contributed by atoms with Crippen LogP contribution in [-0.2, 0) is 23.7 Å². The van der Waals surface area contributed by atoms with Crippen molar-refractivity contribution in [2.24, 2.45) is 5.41 Å². The van der Waals surface area contributed by atoms with Crippen LogP contribution in [0.4, 0.5) is 0 Å². The van der Waals surface area contributed by atoms with Crippen molar-refractivity contribution in [3.63, 3.8) is 0 Å². The number of hydrogen-bond acceptors (Lipinski definition) is 5. The highest BCUT2D eigenvalue weighted by atomic mass is 16.6. The molecule has 0 amide bonds. The van der Waals surface area contributed by atoms with Crippen LogP contribution in [0, 0.1) is 5.41 Å². The molecule has 18 heavy (non-hydrogen) atoms. The molecule has 0 aliphatic heterocycles. The van der Waals surface area contributed by atoms with Gasteiger partial charge in [-0.2, -0.15) is 0 Å². The molecule has 0 aliphatic rings. The maximum atomic E-state index is 11.7. The summed E-state index contributed by atoms with van der Waals surface area (Å²) < 4.78 is 20.7. The van der Waals surface area contributed by atoms with Crippen LogP contribution in [0.25, 0.3) is 0 Å². The summed E-state index contributed by atoms with van der Waals surface area (Å²) in [6.07, 6.45) is -0.566. The van der Waals surface area contributed by atoms with Crippen LogP contribution in [0.15, 0.2) is 0 Å². The topological polar surface area (TPSA) is 54.0 Å². The summed E-state index contributed by atoms with van der Waals surface area (Å²) in [7, 11) is 1.62. The van der Waals surface area contributed by atoms with Crippen molar-refractivity contribution < 1.29 is 23.7 Å². The van der Waals surface area contributed by atoms with Gasteiger partial charge in [-0.25, -0.2) is 4.79 Å². The van der Waals surface area contributed by atoms with Crippen LogP contribution in [0.1, 0.15) is 27.7 Å². The summed E-state index contributed by atoms with van der Waals surface area (Å²) in [6, 6.07) is 0. The summed E-state index contributed by atoms with van der Waals surface area (Å²) in [6.45, 7) is 9.87. The number of ether oxygens (including phenoxy) is 4. The summed E-state index contributed by atoms with van der Waals surface area (Å²) >= 11 is 0. The molecule has 0 fully saturated rings. The maximum Gasteiger partial charge on any atom is 0.335 e. The van der Waals surface area contributed by atoms with Crippen LogP contribution in [-0.4, -0.2) is 52.2 Å². The fourth-order valence-electron chi connectivity index (χ4n) is 1.36. The Balaban J connectivity index is 3.99. The smallest absolute Gasteiger partial charge is 0.335 e. The largest absolute Gasteiger partial charge is 0.464 e. The lowest BCUT2D eigenvalue weighted by molar-refractivity contribution is -0.165. The Morgan fingerprint density at radius 2 is 1.72 bits per heavy atom. The second-order valence-corrected chi connectivity index (χ2v) is 4.97. The second-order valence-electron chi connectivity index (χ2n) is 4.97. The fraction of sp³-hybridized carbons (Fsp3) is 0.923. The summed E-state index contributed by atoms with van der Waals surface area (Å²) in [5.74, 6) is -0.318. The minimum absolute atomic E-state index is 0.293. The van der Waals surface area contributed by atoms with Crippen molar-refractivity contribution in [3.05, 3.63) is 0 Å². The molecule has 0 aromatic carbocycles. The minimum Gasteiger partial charge on any atom is -0.464 e. The molecule has 0 aromatic heterocycles. The van der Waals surface area contributed by atoms with E-state index >= 15 is 0 Å². The van der Waals surface area contributed by atoms with Crippen LogP contribution >= 0.6 is 0 Å². The summed E-state index contributed by atoms with van der Waals surface area (Å²) in [4.78, 5) is 11.7. The first-order valence-corrected chi connectivity index (χ1v) is 6.28. The molecule has 0 saturated heterocycles. The first kappa shape index (κ1) is 17.4. The van der Waals surface area contributed by atoms with E-state index in [2.05, 4.69) is 0 Å².